The number of amides is 1. The number of aryl methyl sites for hydroxylation is 1. The van der Waals surface area contributed by atoms with E-state index in [4.69, 9.17) is 0 Å². The highest BCUT2D eigenvalue weighted by Crippen LogP contribution is 2.21. The third-order valence-corrected chi connectivity index (χ3v) is 6.59. The number of sulfonamides is 1. The van der Waals surface area contributed by atoms with Gasteiger partial charge in [-0.25, -0.2) is 17.2 Å². The zero-order chi connectivity index (χ0) is 20.3. The molecule has 1 fully saturated rings. The van der Waals surface area contributed by atoms with E-state index in [-0.39, 0.29) is 32.1 Å². The molecule has 0 atom stereocenters. The monoisotopic (exact) mass is 406 g/mol. The van der Waals surface area contributed by atoms with E-state index in [1.54, 1.807) is 11.0 Å². The first kappa shape index (κ1) is 20.2. The van der Waals surface area contributed by atoms with Crippen molar-refractivity contribution in [2.75, 3.05) is 26.2 Å². The summed E-state index contributed by atoms with van der Waals surface area (Å²) in [6, 6.07) is 10.0. The Hall–Kier alpha value is -2.58. The Balaban J connectivity index is 1.65. The average Bonchev–Trinajstić information content (AvgIpc) is 2.67. The zero-order valence-electron chi connectivity index (χ0n) is 15.3. The number of hydrogen-bond acceptors (Lipinski definition) is 3. The highest BCUT2D eigenvalue weighted by Gasteiger charge is 2.31. The van der Waals surface area contributed by atoms with Crippen LogP contribution in [0.5, 0.6) is 0 Å². The molecule has 3 rings (SSSR count). The standard InChI is InChI=1S/C20H20F2N2O3S/c1-15-4-2-3-5-16(15)6-9-20(25)23-10-12-24(13-11-23)28(26,27)19-8-7-17(21)14-18(19)22/h2-9,14H,10-13H2,1H3/b9-6+. The van der Waals surface area contributed by atoms with Crippen LogP contribution < -0.4 is 0 Å². The Morgan fingerprint density at radius 2 is 1.71 bits per heavy atom. The first-order chi connectivity index (χ1) is 13.3. The van der Waals surface area contributed by atoms with Gasteiger partial charge in [-0.05, 0) is 36.3 Å². The summed E-state index contributed by atoms with van der Waals surface area (Å²) >= 11 is 0. The number of benzene rings is 2. The van der Waals surface area contributed by atoms with Crippen molar-refractivity contribution in [1.29, 1.82) is 0 Å². The van der Waals surface area contributed by atoms with Gasteiger partial charge in [-0.2, -0.15) is 4.31 Å². The van der Waals surface area contributed by atoms with Crippen molar-refractivity contribution in [3.8, 4) is 0 Å². The van der Waals surface area contributed by atoms with Crippen LogP contribution in [0.4, 0.5) is 8.78 Å². The van der Waals surface area contributed by atoms with E-state index in [1.165, 1.54) is 6.08 Å². The maximum atomic E-state index is 13.9. The molecule has 2 aromatic carbocycles. The third-order valence-electron chi connectivity index (χ3n) is 4.66. The van der Waals surface area contributed by atoms with Crippen LogP contribution in [0.25, 0.3) is 6.08 Å². The van der Waals surface area contributed by atoms with E-state index in [0.29, 0.717) is 6.07 Å². The van der Waals surface area contributed by atoms with Gasteiger partial charge in [0.15, 0.2) is 0 Å². The second-order valence-corrected chi connectivity index (χ2v) is 8.40. The van der Waals surface area contributed by atoms with E-state index in [0.717, 1.165) is 27.6 Å². The van der Waals surface area contributed by atoms with Crippen LogP contribution in [0, 0.1) is 18.6 Å². The summed E-state index contributed by atoms with van der Waals surface area (Å²) in [5, 5.41) is 0. The van der Waals surface area contributed by atoms with Gasteiger partial charge in [0.05, 0.1) is 0 Å². The molecular weight excluding hydrogens is 386 g/mol. The smallest absolute Gasteiger partial charge is 0.246 e. The lowest BCUT2D eigenvalue weighted by atomic mass is 10.1. The molecule has 0 radical (unpaired) electrons. The van der Waals surface area contributed by atoms with Gasteiger partial charge in [0.2, 0.25) is 15.9 Å². The number of halogens is 2. The molecule has 0 aliphatic carbocycles. The third kappa shape index (κ3) is 4.28. The fourth-order valence-electron chi connectivity index (χ4n) is 3.01. The Morgan fingerprint density at radius 3 is 2.36 bits per heavy atom. The molecule has 148 valence electrons. The van der Waals surface area contributed by atoms with Crippen LogP contribution in [0.2, 0.25) is 0 Å². The first-order valence-corrected chi connectivity index (χ1v) is 10.2. The minimum Gasteiger partial charge on any atom is -0.337 e. The number of hydrogen-bond donors (Lipinski definition) is 0. The SMILES string of the molecule is Cc1ccccc1/C=C/C(=O)N1CCN(S(=O)(=O)c2ccc(F)cc2F)CC1. The van der Waals surface area contributed by atoms with Crippen LogP contribution in [-0.2, 0) is 14.8 Å². The van der Waals surface area contributed by atoms with Crippen LogP contribution in [0.1, 0.15) is 11.1 Å². The van der Waals surface area contributed by atoms with Crippen molar-refractivity contribution < 1.29 is 22.0 Å². The van der Waals surface area contributed by atoms with Crippen LogP contribution in [0.15, 0.2) is 53.4 Å². The summed E-state index contributed by atoms with van der Waals surface area (Å²) in [6.45, 7) is 2.42. The topological polar surface area (TPSA) is 57.7 Å². The van der Waals surface area contributed by atoms with Crippen LogP contribution in [0.3, 0.4) is 0 Å². The fourth-order valence-corrected chi connectivity index (χ4v) is 4.48. The molecule has 2 aromatic rings. The number of carbonyl (C=O) groups is 1. The molecule has 28 heavy (non-hydrogen) atoms. The van der Waals surface area contributed by atoms with E-state index in [1.807, 2.05) is 31.2 Å². The van der Waals surface area contributed by atoms with E-state index in [2.05, 4.69) is 0 Å². The lowest BCUT2D eigenvalue weighted by molar-refractivity contribution is -0.127. The molecule has 0 unspecified atom stereocenters. The molecule has 0 aromatic heterocycles. The van der Waals surface area contributed by atoms with Gasteiger partial charge in [-0.1, -0.05) is 24.3 Å². The average molecular weight is 406 g/mol. The Bertz CT molecular complexity index is 1010. The van der Waals surface area contributed by atoms with Crippen LogP contribution >= 0.6 is 0 Å². The summed E-state index contributed by atoms with van der Waals surface area (Å²) in [7, 11) is -4.08. The van der Waals surface area contributed by atoms with E-state index < -0.39 is 26.6 Å². The van der Waals surface area contributed by atoms with Gasteiger partial charge in [0.1, 0.15) is 16.5 Å². The molecule has 0 spiro atoms. The minimum atomic E-state index is -4.08. The predicted octanol–water partition coefficient (Wildman–Crippen LogP) is 2.82. The fraction of sp³-hybridized carbons (Fsp3) is 0.250. The van der Waals surface area contributed by atoms with E-state index >= 15 is 0 Å². The molecule has 1 saturated heterocycles. The minimum absolute atomic E-state index is 0.0447. The highest BCUT2D eigenvalue weighted by molar-refractivity contribution is 7.89. The number of piperazine rings is 1. The van der Waals surface area contributed by atoms with Crippen molar-refractivity contribution in [2.45, 2.75) is 11.8 Å². The predicted molar refractivity (Wildman–Crippen MR) is 102 cm³/mol. The number of nitrogens with zero attached hydrogens (tertiary/aromatic N) is 2. The van der Waals surface area contributed by atoms with Gasteiger partial charge in [-0.3, -0.25) is 4.79 Å². The zero-order valence-corrected chi connectivity index (χ0v) is 16.1. The van der Waals surface area contributed by atoms with Gasteiger partial charge >= 0.3 is 0 Å². The normalized spacial score (nSPS) is 15.9. The quantitative estimate of drug-likeness (QED) is 0.734. The van der Waals surface area contributed by atoms with E-state index in [9.17, 15) is 22.0 Å². The lowest BCUT2D eigenvalue weighted by Gasteiger charge is -2.33. The maximum Gasteiger partial charge on any atom is 0.246 e. The Kier molecular flexibility index (Phi) is 5.90. The van der Waals surface area contributed by atoms with Crippen LogP contribution in [-0.4, -0.2) is 49.7 Å². The lowest BCUT2D eigenvalue weighted by Crippen LogP contribution is -2.50. The van der Waals surface area contributed by atoms with Gasteiger partial charge in [0.25, 0.3) is 0 Å². The number of rotatable bonds is 4. The highest BCUT2D eigenvalue weighted by atomic mass is 32.2. The summed E-state index contributed by atoms with van der Waals surface area (Å²) in [6.07, 6.45) is 3.20. The van der Waals surface area contributed by atoms with Gasteiger partial charge in [-0.15, -0.1) is 0 Å². The molecule has 0 bridgehead atoms. The number of carbonyl (C=O) groups excluding carboxylic acids is 1. The first-order valence-electron chi connectivity index (χ1n) is 8.77. The molecule has 1 aliphatic rings. The van der Waals surface area contributed by atoms with Crippen molar-refractivity contribution in [3.05, 3.63) is 71.3 Å². The molecule has 1 heterocycles. The summed E-state index contributed by atoms with van der Waals surface area (Å²) in [5.41, 5.74) is 1.98. The summed E-state index contributed by atoms with van der Waals surface area (Å²) in [5.74, 6) is -2.18. The van der Waals surface area contributed by atoms with Crippen molar-refractivity contribution in [2.24, 2.45) is 0 Å². The van der Waals surface area contributed by atoms with Crippen molar-refractivity contribution in [1.82, 2.24) is 9.21 Å². The second-order valence-electron chi connectivity index (χ2n) is 6.49. The van der Waals surface area contributed by atoms with Gasteiger partial charge < -0.3 is 4.90 Å². The summed E-state index contributed by atoms with van der Waals surface area (Å²) < 4.78 is 53.2. The molecule has 0 saturated carbocycles. The van der Waals surface area contributed by atoms with Crippen molar-refractivity contribution >= 4 is 22.0 Å². The second kappa shape index (κ2) is 8.20. The Labute approximate surface area is 162 Å². The molecular formula is C20H20F2N2O3S. The molecule has 1 amide bonds. The molecule has 8 heteroatoms. The molecule has 0 N–H and O–H groups in total. The Morgan fingerprint density at radius 1 is 1.04 bits per heavy atom. The van der Waals surface area contributed by atoms with Gasteiger partial charge in [0, 0.05) is 38.3 Å². The van der Waals surface area contributed by atoms with Crippen molar-refractivity contribution in [3.63, 3.8) is 0 Å². The largest absolute Gasteiger partial charge is 0.337 e. The maximum absolute atomic E-state index is 13.9. The molecule has 5 nitrogen and oxygen atoms in total. The summed E-state index contributed by atoms with van der Waals surface area (Å²) in [4.78, 5) is 13.4. The molecule has 1 aliphatic heterocycles.